The minimum absolute atomic E-state index is 0.525. The zero-order chi connectivity index (χ0) is 16.9. The molecule has 3 rings (SSSR count). The molecule has 2 atom stereocenters. The van der Waals surface area contributed by atoms with Crippen molar-refractivity contribution in [2.45, 2.75) is 32.7 Å². The molecular formula is C18H25N5O. The number of guanidine groups is 1. The molecule has 0 aliphatic carbocycles. The summed E-state index contributed by atoms with van der Waals surface area (Å²) in [7, 11) is 1.82. The van der Waals surface area contributed by atoms with Crippen molar-refractivity contribution in [1.29, 1.82) is 0 Å². The van der Waals surface area contributed by atoms with Gasteiger partial charge < -0.3 is 14.7 Å². The van der Waals surface area contributed by atoms with Gasteiger partial charge in [-0.05, 0) is 23.8 Å². The lowest BCUT2D eigenvalue weighted by atomic mass is 9.82. The Morgan fingerprint density at radius 3 is 2.79 bits per heavy atom. The van der Waals surface area contributed by atoms with Crippen LogP contribution in [0.3, 0.4) is 0 Å². The van der Waals surface area contributed by atoms with E-state index in [1.165, 1.54) is 5.56 Å². The summed E-state index contributed by atoms with van der Waals surface area (Å²) in [4.78, 5) is 10.9. The van der Waals surface area contributed by atoms with Crippen LogP contribution in [0.5, 0.6) is 0 Å². The molecule has 1 aliphatic heterocycles. The molecule has 1 aliphatic rings. The number of nitrogens with zero attached hydrogens (tertiary/aromatic N) is 4. The normalized spacial score (nSPS) is 21.8. The van der Waals surface area contributed by atoms with Gasteiger partial charge in [-0.15, -0.1) is 0 Å². The Morgan fingerprint density at radius 1 is 1.38 bits per heavy atom. The maximum Gasteiger partial charge on any atom is 0.223 e. The van der Waals surface area contributed by atoms with E-state index in [9.17, 15) is 0 Å². The molecule has 0 radical (unpaired) electrons. The number of hydrogen-bond acceptors (Lipinski definition) is 4. The SMILES string of the molecule is CN=C(NCc1noc(C)n1)N1CCC(c2ccccc2)C(C)C1. The van der Waals surface area contributed by atoms with Crippen molar-refractivity contribution >= 4 is 5.96 Å². The Bertz CT molecular complexity index is 682. The van der Waals surface area contributed by atoms with Gasteiger partial charge >= 0.3 is 0 Å². The van der Waals surface area contributed by atoms with Crippen LogP contribution in [0.4, 0.5) is 0 Å². The lowest BCUT2D eigenvalue weighted by Gasteiger charge is -2.38. The fraction of sp³-hybridized carbons (Fsp3) is 0.500. The summed E-state index contributed by atoms with van der Waals surface area (Å²) >= 11 is 0. The lowest BCUT2D eigenvalue weighted by Crippen LogP contribution is -2.47. The average molecular weight is 327 g/mol. The second-order valence-electron chi connectivity index (χ2n) is 6.36. The van der Waals surface area contributed by atoms with Gasteiger partial charge in [-0.3, -0.25) is 4.99 Å². The van der Waals surface area contributed by atoms with Crippen LogP contribution in [0.2, 0.25) is 0 Å². The van der Waals surface area contributed by atoms with Gasteiger partial charge in [0, 0.05) is 27.1 Å². The molecule has 1 aromatic heterocycles. The van der Waals surface area contributed by atoms with Crippen molar-refractivity contribution in [2.24, 2.45) is 10.9 Å². The maximum absolute atomic E-state index is 5.00. The molecule has 0 saturated carbocycles. The fourth-order valence-electron chi connectivity index (χ4n) is 3.44. The molecular weight excluding hydrogens is 302 g/mol. The smallest absolute Gasteiger partial charge is 0.223 e. The second-order valence-corrected chi connectivity index (χ2v) is 6.36. The van der Waals surface area contributed by atoms with E-state index in [0.29, 0.717) is 30.1 Å². The standard InChI is InChI=1S/C18H25N5O/c1-13-12-23(10-9-16(13)15-7-5-4-6-8-15)18(19-3)20-11-17-21-14(2)24-22-17/h4-8,13,16H,9-12H2,1-3H3,(H,19,20). The molecule has 6 heteroatoms. The van der Waals surface area contributed by atoms with Crippen LogP contribution >= 0.6 is 0 Å². The molecule has 2 aromatic rings. The van der Waals surface area contributed by atoms with E-state index >= 15 is 0 Å². The first-order chi connectivity index (χ1) is 11.7. The van der Waals surface area contributed by atoms with Gasteiger partial charge in [-0.25, -0.2) is 0 Å². The van der Waals surface area contributed by atoms with Gasteiger partial charge in [0.1, 0.15) is 0 Å². The Kier molecular flexibility index (Phi) is 5.13. The number of aliphatic imine (C=N–C) groups is 1. The van der Waals surface area contributed by atoms with Gasteiger partial charge in [0.2, 0.25) is 5.89 Å². The highest BCUT2D eigenvalue weighted by Crippen LogP contribution is 2.32. The van der Waals surface area contributed by atoms with Crippen LogP contribution in [0, 0.1) is 12.8 Å². The number of aryl methyl sites for hydroxylation is 1. The van der Waals surface area contributed by atoms with Crippen molar-refractivity contribution < 1.29 is 4.52 Å². The summed E-state index contributed by atoms with van der Waals surface area (Å²) in [5.41, 5.74) is 1.44. The van der Waals surface area contributed by atoms with E-state index in [0.717, 1.165) is 25.5 Å². The van der Waals surface area contributed by atoms with E-state index in [1.807, 2.05) is 7.05 Å². The molecule has 0 bridgehead atoms. The Labute approximate surface area is 143 Å². The Morgan fingerprint density at radius 2 is 2.17 bits per heavy atom. The summed E-state index contributed by atoms with van der Waals surface area (Å²) in [6.07, 6.45) is 1.13. The quantitative estimate of drug-likeness (QED) is 0.693. The van der Waals surface area contributed by atoms with E-state index in [4.69, 9.17) is 4.52 Å². The maximum atomic E-state index is 5.00. The Hall–Kier alpha value is -2.37. The van der Waals surface area contributed by atoms with Crippen LogP contribution in [0.1, 0.15) is 36.5 Å². The predicted molar refractivity (Wildman–Crippen MR) is 93.8 cm³/mol. The monoisotopic (exact) mass is 327 g/mol. The number of hydrogen-bond donors (Lipinski definition) is 1. The largest absolute Gasteiger partial charge is 0.349 e. The van der Waals surface area contributed by atoms with Crippen molar-refractivity contribution in [1.82, 2.24) is 20.4 Å². The molecule has 0 spiro atoms. The predicted octanol–water partition coefficient (Wildman–Crippen LogP) is 2.58. The van der Waals surface area contributed by atoms with Gasteiger partial charge in [0.05, 0.1) is 6.54 Å². The average Bonchev–Trinajstić information content (AvgIpc) is 3.02. The molecule has 1 aromatic carbocycles. The summed E-state index contributed by atoms with van der Waals surface area (Å²) < 4.78 is 5.00. The minimum atomic E-state index is 0.525. The van der Waals surface area contributed by atoms with Crippen LogP contribution in [-0.4, -0.2) is 41.1 Å². The zero-order valence-electron chi connectivity index (χ0n) is 14.6. The van der Waals surface area contributed by atoms with Crippen molar-refractivity contribution in [3.05, 3.63) is 47.6 Å². The summed E-state index contributed by atoms with van der Waals surface area (Å²) in [6.45, 7) is 6.62. The van der Waals surface area contributed by atoms with Crippen LogP contribution in [0.15, 0.2) is 39.8 Å². The Balaban J connectivity index is 1.59. The van der Waals surface area contributed by atoms with Crippen LogP contribution in [-0.2, 0) is 6.54 Å². The van der Waals surface area contributed by atoms with Crippen molar-refractivity contribution in [3.63, 3.8) is 0 Å². The number of benzene rings is 1. The van der Waals surface area contributed by atoms with Crippen molar-refractivity contribution in [2.75, 3.05) is 20.1 Å². The van der Waals surface area contributed by atoms with E-state index in [-0.39, 0.29) is 0 Å². The molecule has 1 N–H and O–H groups in total. The molecule has 2 unspecified atom stereocenters. The van der Waals surface area contributed by atoms with Crippen LogP contribution < -0.4 is 5.32 Å². The lowest BCUT2D eigenvalue weighted by molar-refractivity contribution is 0.234. The molecule has 6 nitrogen and oxygen atoms in total. The number of nitrogens with one attached hydrogen (secondary N) is 1. The van der Waals surface area contributed by atoms with E-state index in [2.05, 4.69) is 62.6 Å². The first-order valence-corrected chi connectivity index (χ1v) is 8.47. The number of piperidine rings is 1. The highest BCUT2D eigenvalue weighted by Gasteiger charge is 2.28. The van der Waals surface area contributed by atoms with E-state index < -0.39 is 0 Å². The first kappa shape index (κ1) is 16.5. The molecule has 1 saturated heterocycles. The van der Waals surface area contributed by atoms with Crippen molar-refractivity contribution in [3.8, 4) is 0 Å². The molecule has 24 heavy (non-hydrogen) atoms. The first-order valence-electron chi connectivity index (χ1n) is 8.47. The minimum Gasteiger partial charge on any atom is -0.349 e. The highest BCUT2D eigenvalue weighted by atomic mass is 16.5. The third-order valence-electron chi connectivity index (χ3n) is 4.62. The number of rotatable bonds is 3. The number of aromatic nitrogens is 2. The van der Waals surface area contributed by atoms with Gasteiger partial charge in [-0.2, -0.15) is 4.98 Å². The number of likely N-dealkylation sites (tertiary alicyclic amines) is 1. The topological polar surface area (TPSA) is 66.5 Å². The van der Waals surface area contributed by atoms with E-state index in [1.54, 1.807) is 6.92 Å². The van der Waals surface area contributed by atoms with Gasteiger partial charge in [0.15, 0.2) is 11.8 Å². The zero-order valence-corrected chi connectivity index (χ0v) is 14.6. The van der Waals surface area contributed by atoms with Gasteiger partial charge in [0.25, 0.3) is 0 Å². The molecule has 2 heterocycles. The van der Waals surface area contributed by atoms with Crippen LogP contribution in [0.25, 0.3) is 0 Å². The van der Waals surface area contributed by atoms with Gasteiger partial charge in [-0.1, -0.05) is 42.4 Å². The third kappa shape index (κ3) is 3.75. The third-order valence-corrected chi connectivity index (χ3v) is 4.62. The fourth-order valence-corrected chi connectivity index (χ4v) is 3.44. The molecule has 1 fully saturated rings. The summed E-state index contributed by atoms with van der Waals surface area (Å²) in [6, 6.07) is 10.8. The second kappa shape index (κ2) is 7.47. The molecule has 128 valence electrons. The summed E-state index contributed by atoms with van der Waals surface area (Å²) in [5, 5.41) is 7.25. The summed E-state index contributed by atoms with van der Waals surface area (Å²) in [5.74, 6) is 3.32. The molecule has 0 amide bonds. The highest BCUT2D eigenvalue weighted by molar-refractivity contribution is 5.79.